The van der Waals surface area contributed by atoms with Crippen LogP contribution in [0.25, 0.3) is 10.9 Å². The fourth-order valence-electron chi connectivity index (χ4n) is 2.17. The number of nitrogens with one attached hydrogen (secondary N) is 1. The van der Waals surface area contributed by atoms with Gasteiger partial charge in [0.2, 0.25) is 0 Å². The fourth-order valence-corrected chi connectivity index (χ4v) is 3.00. The topological polar surface area (TPSA) is 48.7 Å². The second kappa shape index (κ2) is 5.32. The molecular formula is C16H13N3S. The van der Waals surface area contributed by atoms with E-state index in [4.69, 9.17) is 0 Å². The average molecular weight is 279 g/mol. The molecule has 0 radical (unpaired) electrons. The van der Waals surface area contributed by atoms with Crippen molar-refractivity contribution in [1.82, 2.24) is 4.98 Å². The van der Waals surface area contributed by atoms with Gasteiger partial charge in [0.15, 0.2) is 0 Å². The van der Waals surface area contributed by atoms with Crippen molar-refractivity contribution in [2.24, 2.45) is 0 Å². The van der Waals surface area contributed by atoms with Crippen molar-refractivity contribution in [3.8, 4) is 6.07 Å². The van der Waals surface area contributed by atoms with Gasteiger partial charge in [-0.05, 0) is 25.1 Å². The van der Waals surface area contributed by atoms with Crippen LogP contribution in [0.4, 0.5) is 5.69 Å². The van der Waals surface area contributed by atoms with E-state index in [1.807, 2.05) is 24.3 Å². The molecular weight excluding hydrogens is 266 g/mol. The summed E-state index contributed by atoms with van der Waals surface area (Å²) in [6, 6.07) is 14.3. The number of hydrogen-bond donors (Lipinski definition) is 1. The second-order valence-electron chi connectivity index (χ2n) is 4.54. The van der Waals surface area contributed by atoms with Gasteiger partial charge in [0, 0.05) is 27.9 Å². The number of aryl methyl sites for hydroxylation is 1. The number of fused-ring (bicyclic) bond motifs is 1. The van der Waals surface area contributed by atoms with E-state index in [9.17, 15) is 5.26 Å². The summed E-state index contributed by atoms with van der Waals surface area (Å²) < 4.78 is 0. The van der Waals surface area contributed by atoms with E-state index in [0.717, 1.165) is 23.1 Å². The molecule has 2 aromatic heterocycles. The number of nitrogens with zero attached hydrogens (tertiary/aromatic N) is 2. The summed E-state index contributed by atoms with van der Waals surface area (Å²) in [7, 11) is 0. The smallest absolute Gasteiger partial charge is 0.103 e. The van der Waals surface area contributed by atoms with Crippen LogP contribution in [-0.4, -0.2) is 4.98 Å². The van der Waals surface area contributed by atoms with E-state index in [0.29, 0.717) is 5.56 Å². The Morgan fingerprint density at radius 3 is 2.85 bits per heavy atom. The molecule has 0 amide bonds. The first-order valence-electron chi connectivity index (χ1n) is 6.35. The maximum Gasteiger partial charge on any atom is 0.103 e. The van der Waals surface area contributed by atoms with Crippen LogP contribution in [0.1, 0.15) is 15.3 Å². The highest BCUT2D eigenvalue weighted by Gasteiger charge is 2.08. The Morgan fingerprint density at radius 1 is 1.25 bits per heavy atom. The third kappa shape index (κ3) is 2.36. The highest BCUT2D eigenvalue weighted by atomic mass is 32.1. The van der Waals surface area contributed by atoms with Crippen molar-refractivity contribution in [1.29, 1.82) is 5.26 Å². The normalized spacial score (nSPS) is 10.4. The summed E-state index contributed by atoms with van der Waals surface area (Å²) in [4.78, 5) is 6.86. The number of benzene rings is 1. The second-order valence-corrected chi connectivity index (χ2v) is 5.91. The van der Waals surface area contributed by atoms with Gasteiger partial charge in [-0.2, -0.15) is 5.26 Å². The highest BCUT2D eigenvalue weighted by molar-refractivity contribution is 7.11. The van der Waals surface area contributed by atoms with Gasteiger partial charge in [0.1, 0.15) is 6.07 Å². The average Bonchev–Trinajstić information content (AvgIpc) is 2.90. The molecule has 1 N–H and O–H groups in total. The first-order chi connectivity index (χ1) is 9.78. The van der Waals surface area contributed by atoms with Crippen LogP contribution in [0.2, 0.25) is 0 Å². The van der Waals surface area contributed by atoms with E-state index in [1.165, 1.54) is 9.75 Å². The van der Waals surface area contributed by atoms with Crippen molar-refractivity contribution in [3.63, 3.8) is 0 Å². The summed E-state index contributed by atoms with van der Waals surface area (Å²) in [6.07, 6.45) is 1.63. The number of thiophene rings is 1. The van der Waals surface area contributed by atoms with Crippen molar-refractivity contribution in [3.05, 3.63) is 57.9 Å². The zero-order valence-corrected chi connectivity index (χ0v) is 11.9. The van der Waals surface area contributed by atoms with Crippen LogP contribution in [0, 0.1) is 18.3 Å². The Balaban J connectivity index is 1.98. The minimum absolute atomic E-state index is 0.581. The number of anilines is 1. The molecule has 0 spiro atoms. The number of rotatable bonds is 3. The number of aromatic nitrogens is 1. The lowest BCUT2D eigenvalue weighted by Crippen LogP contribution is -2.01. The van der Waals surface area contributed by atoms with Gasteiger partial charge >= 0.3 is 0 Å². The van der Waals surface area contributed by atoms with Gasteiger partial charge < -0.3 is 5.32 Å². The lowest BCUT2D eigenvalue weighted by Gasteiger charge is -2.10. The van der Waals surface area contributed by atoms with Crippen LogP contribution in [0.5, 0.6) is 0 Å². The maximum absolute atomic E-state index is 9.25. The maximum atomic E-state index is 9.25. The van der Waals surface area contributed by atoms with Gasteiger partial charge in [-0.1, -0.05) is 18.2 Å². The molecule has 4 heteroatoms. The van der Waals surface area contributed by atoms with E-state index in [2.05, 4.69) is 35.4 Å². The molecule has 0 saturated heterocycles. The number of para-hydroxylation sites is 1. The molecule has 98 valence electrons. The van der Waals surface area contributed by atoms with Crippen LogP contribution >= 0.6 is 11.3 Å². The van der Waals surface area contributed by atoms with Gasteiger partial charge in [-0.15, -0.1) is 11.3 Å². The summed E-state index contributed by atoms with van der Waals surface area (Å²) >= 11 is 1.76. The lowest BCUT2D eigenvalue weighted by atomic mass is 10.1. The van der Waals surface area contributed by atoms with E-state index >= 15 is 0 Å². The zero-order chi connectivity index (χ0) is 13.9. The molecule has 0 unspecified atom stereocenters. The monoisotopic (exact) mass is 279 g/mol. The summed E-state index contributed by atoms with van der Waals surface area (Å²) in [6.45, 7) is 2.82. The minimum Gasteiger partial charge on any atom is -0.378 e. The predicted molar refractivity (Wildman–Crippen MR) is 82.8 cm³/mol. The Bertz CT molecular complexity index is 799. The predicted octanol–water partition coefficient (Wildman–Crippen LogP) is 4.09. The van der Waals surface area contributed by atoms with Crippen molar-refractivity contribution < 1.29 is 0 Å². The molecule has 1 aromatic carbocycles. The standard InChI is InChI=1S/C16H13N3S/c1-11-6-7-13(20-11)10-19-16-12(8-17)9-18-15-5-3-2-4-14(15)16/h2-7,9H,10H2,1H3,(H,18,19). The summed E-state index contributed by atoms with van der Waals surface area (Å²) in [5, 5.41) is 13.6. The van der Waals surface area contributed by atoms with Crippen LogP contribution in [0.3, 0.4) is 0 Å². The van der Waals surface area contributed by atoms with Gasteiger partial charge in [-0.3, -0.25) is 4.98 Å². The van der Waals surface area contributed by atoms with Crippen LogP contribution in [-0.2, 0) is 6.54 Å². The highest BCUT2D eigenvalue weighted by Crippen LogP contribution is 2.26. The zero-order valence-electron chi connectivity index (χ0n) is 11.1. The first kappa shape index (κ1) is 12.6. The van der Waals surface area contributed by atoms with Gasteiger partial charge in [0.05, 0.1) is 16.8 Å². The Hall–Kier alpha value is -2.38. The van der Waals surface area contributed by atoms with E-state index in [1.54, 1.807) is 17.5 Å². The molecule has 3 rings (SSSR count). The molecule has 2 heterocycles. The van der Waals surface area contributed by atoms with E-state index in [-0.39, 0.29) is 0 Å². The van der Waals surface area contributed by atoms with Crippen molar-refractivity contribution in [2.45, 2.75) is 13.5 Å². The molecule has 0 atom stereocenters. The Labute approximate surface area is 121 Å². The number of pyridine rings is 1. The molecule has 3 nitrogen and oxygen atoms in total. The molecule has 0 fully saturated rings. The van der Waals surface area contributed by atoms with Crippen LogP contribution in [0.15, 0.2) is 42.6 Å². The van der Waals surface area contributed by atoms with Crippen molar-refractivity contribution >= 4 is 27.9 Å². The molecule has 20 heavy (non-hydrogen) atoms. The fraction of sp³-hybridized carbons (Fsp3) is 0.125. The van der Waals surface area contributed by atoms with Crippen molar-refractivity contribution in [2.75, 3.05) is 5.32 Å². The first-order valence-corrected chi connectivity index (χ1v) is 7.16. The molecule has 0 bridgehead atoms. The molecule has 0 aliphatic rings. The quantitative estimate of drug-likeness (QED) is 0.785. The Kier molecular flexibility index (Phi) is 3.36. The third-order valence-electron chi connectivity index (χ3n) is 3.13. The van der Waals surface area contributed by atoms with E-state index < -0.39 is 0 Å². The largest absolute Gasteiger partial charge is 0.378 e. The van der Waals surface area contributed by atoms with Gasteiger partial charge in [-0.25, -0.2) is 0 Å². The summed E-state index contributed by atoms with van der Waals surface area (Å²) in [5.74, 6) is 0. The molecule has 0 aliphatic heterocycles. The SMILES string of the molecule is Cc1ccc(CNc2c(C#N)cnc3ccccc23)s1. The Morgan fingerprint density at radius 2 is 2.10 bits per heavy atom. The molecule has 0 aliphatic carbocycles. The van der Waals surface area contributed by atoms with Crippen LogP contribution < -0.4 is 5.32 Å². The van der Waals surface area contributed by atoms with Gasteiger partial charge in [0.25, 0.3) is 0 Å². The minimum atomic E-state index is 0.581. The lowest BCUT2D eigenvalue weighted by molar-refractivity contribution is 1.19. The molecule has 0 saturated carbocycles. The number of hydrogen-bond acceptors (Lipinski definition) is 4. The summed E-state index contributed by atoms with van der Waals surface area (Å²) in [5.41, 5.74) is 2.34. The third-order valence-corrected chi connectivity index (χ3v) is 4.13. The number of nitriles is 1. The molecule has 3 aromatic rings.